The number of primary amides is 1. The van der Waals surface area contributed by atoms with E-state index in [-0.39, 0.29) is 0 Å². The van der Waals surface area contributed by atoms with Crippen molar-refractivity contribution in [3.05, 3.63) is 54.1 Å². The van der Waals surface area contributed by atoms with E-state index < -0.39 is 6.03 Å². The zero-order chi connectivity index (χ0) is 26.9. The summed E-state index contributed by atoms with van der Waals surface area (Å²) in [6.45, 7) is 3.78. The molecule has 0 fully saturated rings. The molecule has 11 nitrogen and oxygen atoms in total. The van der Waals surface area contributed by atoms with Gasteiger partial charge in [0, 0.05) is 31.4 Å². The molecule has 2 aromatic heterocycles. The van der Waals surface area contributed by atoms with Crippen LogP contribution in [0.3, 0.4) is 0 Å². The molecule has 2 heterocycles. The predicted molar refractivity (Wildman–Crippen MR) is 144 cm³/mol. The number of aryl methyl sites for hydroxylation is 1. The first-order valence-electron chi connectivity index (χ1n) is 12.3. The third-order valence-corrected chi connectivity index (χ3v) is 6.09. The monoisotopic (exact) mass is 539 g/mol. The van der Waals surface area contributed by atoms with Gasteiger partial charge in [-0.05, 0) is 43.9 Å². The summed E-state index contributed by atoms with van der Waals surface area (Å²) in [7, 11) is 1.58. The van der Waals surface area contributed by atoms with Gasteiger partial charge in [0.1, 0.15) is 12.1 Å². The Morgan fingerprint density at radius 3 is 2.71 bits per heavy atom. The molecule has 38 heavy (non-hydrogen) atoms. The van der Waals surface area contributed by atoms with E-state index in [4.69, 9.17) is 31.5 Å². The molecule has 2 aromatic carbocycles. The number of unbranched alkanes of at least 4 members (excludes halogenated alkanes) is 2. The maximum Gasteiger partial charge on any atom is 0.319 e. The fraction of sp³-hybridized carbons (Fsp3) is 0.346. The van der Waals surface area contributed by atoms with Crippen LogP contribution in [0, 0.1) is 0 Å². The zero-order valence-corrected chi connectivity index (χ0v) is 22.1. The van der Waals surface area contributed by atoms with Crippen LogP contribution in [0.2, 0.25) is 5.02 Å². The molecule has 0 spiro atoms. The lowest BCUT2D eigenvalue weighted by molar-refractivity contribution is 0.254. The Morgan fingerprint density at radius 2 is 2.00 bits per heavy atom. The van der Waals surface area contributed by atoms with E-state index in [0.29, 0.717) is 57.9 Å². The van der Waals surface area contributed by atoms with Gasteiger partial charge in [0.2, 0.25) is 5.88 Å². The van der Waals surface area contributed by atoms with Crippen LogP contribution in [-0.4, -0.2) is 51.3 Å². The van der Waals surface area contributed by atoms with Crippen molar-refractivity contribution in [2.24, 2.45) is 5.73 Å². The summed E-state index contributed by atoms with van der Waals surface area (Å²) in [5.41, 5.74) is 6.67. The van der Waals surface area contributed by atoms with Crippen LogP contribution in [0.1, 0.15) is 32.6 Å². The number of urea groups is 1. The lowest BCUT2D eigenvalue weighted by Crippen LogP contribution is -2.36. The molecule has 0 saturated heterocycles. The Kier molecular flexibility index (Phi) is 9.15. The maximum atomic E-state index is 11.8. The molecule has 0 aliphatic rings. The first-order valence-corrected chi connectivity index (χ1v) is 12.7. The Hall–Kier alpha value is -4.12. The minimum Gasteiger partial charge on any atom is -0.493 e. The van der Waals surface area contributed by atoms with E-state index in [0.717, 1.165) is 32.2 Å². The first kappa shape index (κ1) is 26.9. The van der Waals surface area contributed by atoms with Crippen molar-refractivity contribution in [2.75, 3.05) is 25.2 Å². The summed E-state index contributed by atoms with van der Waals surface area (Å²) < 4.78 is 19.4. The van der Waals surface area contributed by atoms with Crippen LogP contribution in [0.4, 0.5) is 10.5 Å². The average molecular weight is 540 g/mol. The van der Waals surface area contributed by atoms with Gasteiger partial charge in [-0.1, -0.05) is 23.7 Å². The van der Waals surface area contributed by atoms with E-state index in [2.05, 4.69) is 20.3 Å². The molecule has 200 valence electrons. The van der Waals surface area contributed by atoms with Crippen molar-refractivity contribution in [3.8, 4) is 23.1 Å². The summed E-state index contributed by atoms with van der Waals surface area (Å²) in [5.74, 6) is 1.92. The number of hydrogen-bond acceptors (Lipinski definition) is 8. The maximum absolute atomic E-state index is 11.8. The van der Waals surface area contributed by atoms with Gasteiger partial charge in [0.15, 0.2) is 11.5 Å². The van der Waals surface area contributed by atoms with Gasteiger partial charge in [-0.15, -0.1) is 5.10 Å². The zero-order valence-electron chi connectivity index (χ0n) is 21.3. The fourth-order valence-corrected chi connectivity index (χ4v) is 4.21. The highest BCUT2D eigenvalue weighted by Crippen LogP contribution is 2.37. The largest absolute Gasteiger partial charge is 0.493 e. The molecular weight excluding hydrogens is 510 g/mol. The number of ether oxygens (including phenoxy) is 3. The highest BCUT2D eigenvalue weighted by atomic mass is 35.5. The number of halogens is 1. The number of nitrogens with zero attached hydrogens (tertiary/aromatic N) is 6. The fourth-order valence-electron chi connectivity index (χ4n) is 3.94. The molecule has 0 saturated carbocycles. The average Bonchev–Trinajstić information content (AvgIpc) is 3.43. The molecule has 0 atom stereocenters. The van der Waals surface area contributed by atoms with Crippen LogP contribution in [-0.2, 0) is 6.54 Å². The number of anilines is 1. The van der Waals surface area contributed by atoms with E-state index in [1.165, 1.54) is 11.2 Å². The minimum atomic E-state index is -0.568. The highest BCUT2D eigenvalue weighted by Gasteiger charge is 2.17. The molecule has 4 rings (SSSR count). The van der Waals surface area contributed by atoms with Crippen molar-refractivity contribution in [2.45, 2.75) is 39.2 Å². The topological polar surface area (TPSA) is 131 Å². The van der Waals surface area contributed by atoms with Gasteiger partial charge in [-0.3, -0.25) is 9.58 Å². The van der Waals surface area contributed by atoms with Crippen LogP contribution in [0.25, 0.3) is 10.9 Å². The third-order valence-electron chi connectivity index (χ3n) is 5.78. The Bertz CT molecular complexity index is 1370. The van der Waals surface area contributed by atoms with Crippen LogP contribution in [0.5, 0.6) is 23.1 Å². The Balaban J connectivity index is 1.45. The molecule has 0 aliphatic carbocycles. The van der Waals surface area contributed by atoms with Gasteiger partial charge in [0.25, 0.3) is 0 Å². The number of rotatable bonds is 13. The van der Waals surface area contributed by atoms with E-state index in [9.17, 15) is 4.79 Å². The number of fused-ring (bicyclic) bond motifs is 1. The molecule has 0 radical (unpaired) electrons. The number of carbonyl (C=O) groups excluding carboxylic acids is 1. The summed E-state index contributed by atoms with van der Waals surface area (Å²) >= 11 is 6.46. The SMILES string of the molecule is CCCN(C(N)=O)c1ccc(Oc2ncnc3cc(OCCCCCn4ccnn4)c(OC)cc23)cc1Cl. The lowest BCUT2D eigenvalue weighted by atomic mass is 10.2. The van der Waals surface area contributed by atoms with Crippen molar-refractivity contribution in [1.82, 2.24) is 25.0 Å². The molecule has 0 unspecified atom stereocenters. The van der Waals surface area contributed by atoms with E-state index in [1.807, 2.05) is 23.9 Å². The van der Waals surface area contributed by atoms with Gasteiger partial charge >= 0.3 is 6.03 Å². The van der Waals surface area contributed by atoms with Crippen molar-refractivity contribution >= 4 is 34.2 Å². The Labute approximate surface area is 225 Å². The molecule has 0 aliphatic heterocycles. The molecule has 2 N–H and O–H groups in total. The molecule has 2 amide bonds. The van der Waals surface area contributed by atoms with Crippen LogP contribution < -0.4 is 24.8 Å². The normalized spacial score (nSPS) is 10.9. The second kappa shape index (κ2) is 12.9. The first-order chi connectivity index (χ1) is 18.5. The van der Waals surface area contributed by atoms with Gasteiger partial charge in [0.05, 0.1) is 41.5 Å². The van der Waals surface area contributed by atoms with Crippen LogP contribution in [0.15, 0.2) is 49.1 Å². The van der Waals surface area contributed by atoms with Crippen LogP contribution >= 0.6 is 11.6 Å². The Morgan fingerprint density at radius 1 is 1.13 bits per heavy atom. The molecule has 0 bridgehead atoms. The number of nitrogens with two attached hydrogens (primary N) is 1. The number of methoxy groups -OCH3 is 1. The summed E-state index contributed by atoms with van der Waals surface area (Å²) in [5, 5.41) is 8.76. The second-order valence-corrected chi connectivity index (χ2v) is 8.89. The number of hydrogen-bond donors (Lipinski definition) is 1. The van der Waals surface area contributed by atoms with E-state index >= 15 is 0 Å². The summed E-state index contributed by atoms with van der Waals surface area (Å²) in [4.78, 5) is 21.9. The lowest BCUT2D eigenvalue weighted by Gasteiger charge is -2.21. The van der Waals surface area contributed by atoms with Gasteiger partial charge in [-0.25, -0.2) is 14.8 Å². The molecule has 12 heteroatoms. The van der Waals surface area contributed by atoms with Gasteiger partial charge < -0.3 is 19.9 Å². The quantitative estimate of drug-likeness (QED) is 0.229. The van der Waals surface area contributed by atoms with E-state index in [1.54, 1.807) is 37.6 Å². The number of benzene rings is 2. The van der Waals surface area contributed by atoms with Crippen molar-refractivity contribution < 1.29 is 19.0 Å². The van der Waals surface area contributed by atoms with Gasteiger partial charge in [-0.2, -0.15) is 0 Å². The number of aromatic nitrogens is 5. The highest BCUT2D eigenvalue weighted by molar-refractivity contribution is 6.34. The summed E-state index contributed by atoms with van der Waals surface area (Å²) in [6, 6.07) is 8.05. The number of amides is 2. The standard InChI is InChI=1S/C26H30ClN7O4/c1-3-10-34(26(28)35)22-8-7-18(14-20(22)27)38-25-19-15-23(36-2)24(16-21(19)29-17-30-25)37-13-6-4-5-11-33-12-9-31-32-33/h7-9,12,14-17H,3-6,10-11,13H2,1-2H3,(H2,28,35). The smallest absolute Gasteiger partial charge is 0.319 e. The minimum absolute atomic E-state index is 0.331. The van der Waals surface area contributed by atoms with Crippen molar-refractivity contribution in [3.63, 3.8) is 0 Å². The third kappa shape index (κ3) is 6.60. The molecular formula is C26H30ClN7O4. The molecule has 4 aromatic rings. The predicted octanol–water partition coefficient (Wildman–Crippen LogP) is 5.22. The second-order valence-electron chi connectivity index (χ2n) is 8.48. The summed E-state index contributed by atoms with van der Waals surface area (Å²) in [6.07, 6.45) is 8.55. The number of carbonyl (C=O) groups is 1. The van der Waals surface area contributed by atoms with Crippen molar-refractivity contribution in [1.29, 1.82) is 0 Å².